The number of carbonyl (C=O) groups excluding carboxylic acids is 2. The van der Waals surface area contributed by atoms with E-state index in [1.165, 1.54) is 0 Å². The summed E-state index contributed by atoms with van der Waals surface area (Å²) in [6.45, 7) is 4.11. The molecule has 0 aliphatic heterocycles. The normalized spacial score (nSPS) is 10.2. The summed E-state index contributed by atoms with van der Waals surface area (Å²) >= 11 is 3.16. The van der Waals surface area contributed by atoms with E-state index in [1.54, 1.807) is 6.92 Å². The first-order chi connectivity index (χ1) is 8.58. The van der Waals surface area contributed by atoms with Gasteiger partial charge in [0.05, 0.1) is 18.4 Å². The molecule has 1 aromatic carbocycles. The molecular formula is C14H17BrO3. The first-order valence-corrected chi connectivity index (χ1v) is 7.01. The van der Waals surface area contributed by atoms with Crippen LogP contribution in [0.25, 0.3) is 0 Å². The second kappa shape index (κ2) is 7.31. The Morgan fingerprint density at radius 3 is 2.61 bits per heavy atom. The van der Waals surface area contributed by atoms with E-state index in [9.17, 15) is 9.59 Å². The van der Waals surface area contributed by atoms with Gasteiger partial charge in [0.2, 0.25) is 0 Å². The zero-order valence-corrected chi connectivity index (χ0v) is 12.2. The van der Waals surface area contributed by atoms with Crippen molar-refractivity contribution in [2.45, 2.75) is 26.7 Å². The quantitative estimate of drug-likeness (QED) is 0.599. The summed E-state index contributed by atoms with van der Waals surface area (Å²) < 4.78 is 4.94. The average Bonchev–Trinajstić information content (AvgIpc) is 2.33. The van der Waals surface area contributed by atoms with Gasteiger partial charge in [0.15, 0.2) is 0 Å². The molecule has 0 bridgehead atoms. The highest BCUT2D eigenvalue weighted by atomic mass is 79.9. The van der Waals surface area contributed by atoms with Gasteiger partial charge in [-0.3, -0.25) is 9.59 Å². The van der Waals surface area contributed by atoms with Gasteiger partial charge in [0.1, 0.15) is 5.78 Å². The van der Waals surface area contributed by atoms with Crippen molar-refractivity contribution < 1.29 is 14.3 Å². The molecule has 3 nitrogen and oxygen atoms in total. The SMILES string of the molecule is CCOC(=O)Cc1cccc(C)c1CC(=O)CBr. The molecule has 0 aromatic heterocycles. The van der Waals surface area contributed by atoms with Crippen molar-refractivity contribution in [1.29, 1.82) is 0 Å². The van der Waals surface area contributed by atoms with Gasteiger partial charge in [0, 0.05) is 6.42 Å². The Bertz CT molecular complexity index is 441. The van der Waals surface area contributed by atoms with Gasteiger partial charge in [0.25, 0.3) is 0 Å². The van der Waals surface area contributed by atoms with E-state index in [2.05, 4.69) is 15.9 Å². The van der Waals surface area contributed by atoms with E-state index in [4.69, 9.17) is 4.74 Å². The van der Waals surface area contributed by atoms with E-state index in [0.29, 0.717) is 18.4 Å². The van der Waals surface area contributed by atoms with Gasteiger partial charge in [-0.1, -0.05) is 34.1 Å². The van der Waals surface area contributed by atoms with Crippen LogP contribution < -0.4 is 0 Å². The number of hydrogen-bond donors (Lipinski definition) is 0. The number of Topliss-reactive ketones (excluding diaryl/α,β-unsaturated/α-hetero) is 1. The molecule has 1 rings (SSSR count). The number of carbonyl (C=O) groups is 2. The summed E-state index contributed by atoms with van der Waals surface area (Å²) in [7, 11) is 0. The van der Waals surface area contributed by atoms with E-state index in [0.717, 1.165) is 16.7 Å². The molecule has 0 heterocycles. The fourth-order valence-corrected chi connectivity index (χ4v) is 1.99. The zero-order valence-electron chi connectivity index (χ0n) is 10.7. The molecule has 4 heteroatoms. The molecule has 98 valence electrons. The van der Waals surface area contributed by atoms with Crippen LogP contribution in [-0.4, -0.2) is 23.7 Å². The lowest BCUT2D eigenvalue weighted by Gasteiger charge is -2.11. The number of halogens is 1. The molecule has 1 aromatic rings. The van der Waals surface area contributed by atoms with Gasteiger partial charge in [-0.2, -0.15) is 0 Å². The maximum absolute atomic E-state index is 11.5. The lowest BCUT2D eigenvalue weighted by atomic mass is 9.96. The van der Waals surface area contributed by atoms with Crippen LogP contribution in [0.3, 0.4) is 0 Å². The molecule has 0 saturated heterocycles. The second-order valence-corrected chi connectivity index (χ2v) is 4.60. The molecule has 18 heavy (non-hydrogen) atoms. The lowest BCUT2D eigenvalue weighted by molar-refractivity contribution is -0.142. The number of hydrogen-bond acceptors (Lipinski definition) is 3. The van der Waals surface area contributed by atoms with Crippen molar-refractivity contribution in [1.82, 2.24) is 0 Å². The predicted octanol–water partition coefficient (Wildman–Crippen LogP) is 2.61. The molecule has 0 amide bonds. The largest absolute Gasteiger partial charge is 0.466 e. The van der Waals surface area contributed by atoms with Crippen molar-refractivity contribution >= 4 is 27.7 Å². The van der Waals surface area contributed by atoms with Crippen LogP contribution in [-0.2, 0) is 27.2 Å². The smallest absolute Gasteiger partial charge is 0.310 e. The maximum atomic E-state index is 11.5. The van der Waals surface area contributed by atoms with Crippen molar-refractivity contribution in [3.8, 4) is 0 Å². The number of alkyl halides is 1. The number of esters is 1. The Morgan fingerprint density at radius 2 is 2.00 bits per heavy atom. The maximum Gasteiger partial charge on any atom is 0.310 e. The first-order valence-electron chi connectivity index (χ1n) is 5.89. The highest BCUT2D eigenvalue weighted by molar-refractivity contribution is 9.09. The molecule has 0 atom stereocenters. The third kappa shape index (κ3) is 4.26. The third-order valence-electron chi connectivity index (χ3n) is 2.67. The molecule has 0 aliphatic carbocycles. The number of aryl methyl sites for hydroxylation is 1. The van der Waals surface area contributed by atoms with E-state index < -0.39 is 0 Å². The highest BCUT2D eigenvalue weighted by Gasteiger charge is 2.13. The zero-order chi connectivity index (χ0) is 13.5. The molecule has 0 unspecified atom stereocenters. The first kappa shape index (κ1) is 14.9. The van der Waals surface area contributed by atoms with Crippen LogP contribution in [0.4, 0.5) is 0 Å². The Hall–Kier alpha value is -1.16. The molecule has 0 aliphatic rings. The number of benzene rings is 1. The van der Waals surface area contributed by atoms with E-state index in [-0.39, 0.29) is 18.2 Å². The van der Waals surface area contributed by atoms with Crippen LogP contribution in [0.1, 0.15) is 23.6 Å². The van der Waals surface area contributed by atoms with Crippen LogP contribution in [0.15, 0.2) is 18.2 Å². The minimum atomic E-state index is -0.254. The minimum Gasteiger partial charge on any atom is -0.466 e. The fraction of sp³-hybridized carbons (Fsp3) is 0.429. The summed E-state index contributed by atoms with van der Waals surface area (Å²) in [6, 6.07) is 5.72. The van der Waals surface area contributed by atoms with Gasteiger partial charge >= 0.3 is 5.97 Å². The molecule has 0 saturated carbocycles. The van der Waals surface area contributed by atoms with Gasteiger partial charge < -0.3 is 4.74 Å². The lowest BCUT2D eigenvalue weighted by Crippen LogP contribution is -2.13. The Kier molecular flexibility index (Phi) is 6.05. The van der Waals surface area contributed by atoms with Crippen LogP contribution in [0.2, 0.25) is 0 Å². The number of ether oxygens (including phenoxy) is 1. The summed E-state index contributed by atoms with van der Waals surface area (Å²) in [5, 5.41) is 0.334. The monoisotopic (exact) mass is 312 g/mol. The summed E-state index contributed by atoms with van der Waals surface area (Å²) in [6.07, 6.45) is 0.576. The minimum absolute atomic E-state index is 0.106. The fourth-order valence-electron chi connectivity index (χ4n) is 1.79. The predicted molar refractivity (Wildman–Crippen MR) is 74.0 cm³/mol. The molecule has 0 radical (unpaired) electrons. The molecule has 0 N–H and O–H groups in total. The number of ketones is 1. The van der Waals surface area contributed by atoms with Crippen molar-refractivity contribution in [3.05, 3.63) is 34.9 Å². The van der Waals surface area contributed by atoms with Gasteiger partial charge in [-0.25, -0.2) is 0 Å². The Labute approximate surface area is 116 Å². The molecule has 0 spiro atoms. The van der Waals surface area contributed by atoms with E-state index >= 15 is 0 Å². The van der Waals surface area contributed by atoms with Crippen molar-refractivity contribution in [3.63, 3.8) is 0 Å². The van der Waals surface area contributed by atoms with Crippen LogP contribution in [0, 0.1) is 6.92 Å². The van der Waals surface area contributed by atoms with Crippen LogP contribution in [0.5, 0.6) is 0 Å². The van der Waals surface area contributed by atoms with Gasteiger partial charge in [-0.15, -0.1) is 0 Å². The topological polar surface area (TPSA) is 43.4 Å². The van der Waals surface area contributed by atoms with E-state index in [1.807, 2.05) is 25.1 Å². The third-order valence-corrected chi connectivity index (χ3v) is 3.30. The van der Waals surface area contributed by atoms with Crippen LogP contribution >= 0.6 is 15.9 Å². The number of rotatable bonds is 6. The summed E-state index contributed by atoms with van der Waals surface area (Å²) in [5.41, 5.74) is 2.85. The van der Waals surface area contributed by atoms with Crippen molar-refractivity contribution in [2.24, 2.45) is 0 Å². The molecule has 0 fully saturated rings. The van der Waals surface area contributed by atoms with Gasteiger partial charge in [-0.05, 0) is 30.5 Å². The standard InChI is InChI=1S/C14H17BrO3/c1-3-18-14(17)7-11-6-4-5-10(2)13(11)8-12(16)9-15/h4-6H,3,7-9H2,1-2H3. The Balaban J connectivity index is 2.93. The Morgan fingerprint density at radius 1 is 1.28 bits per heavy atom. The average molecular weight is 313 g/mol. The summed E-state index contributed by atoms with van der Waals surface area (Å²) in [5.74, 6) is -0.148. The highest BCUT2D eigenvalue weighted by Crippen LogP contribution is 2.17. The van der Waals surface area contributed by atoms with Crippen molar-refractivity contribution in [2.75, 3.05) is 11.9 Å². The summed E-state index contributed by atoms with van der Waals surface area (Å²) in [4.78, 5) is 23.0. The second-order valence-electron chi connectivity index (χ2n) is 4.04. The molecular weight excluding hydrogens is 296 g/mol.